The van der Waals surface area contributed by atoms with Crippen molar-refractivity contribution in [3.8, 4) is 0 Å². The second kappa shape index (κ2) is 9.72. The van der Waals surface area contributed by atoms with E-state index in [9.17, 15) is 9.59 Å². The first-order valence-corrected chi connectivity index (χ1v) is 12.8. The first kappa shape index (κ1) is 22.8. The fourth-order valence-electron chi connectivity index (χ4n) is 4.66. The van der Waals surface area contributed by atoms with Crippen molar-refractivity contribution in [1.82, 2.24) is 14.3 Å². The van der Waals surface area contributed by atoms with Crippen LogP contribution in [0, 0.1) is 0 Å². The van der Waals surface area contributed by atoms with Gasteiger partial charge in [0.2, 0.25) is 0 Å². The Bertz CT molecular complexity index is 1330. The Morgan fingerprint density at radius 3 is 2.59 bits per heavy atom. The summed E-state index contributed by atoms with van der Waals surface area (Å²) in [6.45, 7) is 0.409. The molecular weight excluding hydrogens is 464 g/mol. The number of thiocarbonyl (C=S) groups is 1. The van der Waals surface area contributed by atoms with Gasteiger partial charge < -0.3 is 4.90 Å². The third-order valence-corrected chi connectivity index (χ3v) is 7.92. The maximum atomic E-state index is 13.6. The van der Waals surface area contributed by atoms with Crippen LogP contribution in [-0.2, 0) is 11.3 Å². The molecule has 0 N–H and O–H groups in total. The lowest BCUT2D eigenvalue weighted by atomic mass is 9.94. The van der Waals surface area contributed by atoms with Gasteiger partial charge in [0.1, 0.15) is 15.8 Å². The molecule has 2 aromatic heterocycles. The molecular formula is C26H26N4O2S2. The van der Waals surface area contributed by atoms with Crippen LogP contribution in [0.3, 0.4) is 0 Å². The Kier molecular flexibility index (Phi) is 6.52. The molecule has 1 aliphatic heterocycles. The summed E-state index contributed by atoms with van der Waals surface area (Å²) < 4.78 is 2.03. The van der Waals surface area contributed by atoms with Gasteiger partial charge in [-0.25, -0.2) is 4.98 Å². The van der Waals surface area contributed by atoms with Gasteiger partial charge >= 0.3 is 0 Å². The third kappa shape index (κ3) is 4.40. The zero-order valence-electron chi connectivity index (χ0n) is 19.0. The number of aromatic nitrogens is 2. The van der Waals surface area contributed by atoms with Crippen LogP contribution in [0.25, 0.3) is 11.7 Å². The summed E-state index contributed by atoms with van der Waals surface area (Å²) in [5.74, 6) is 0.444. The van der Waals surface area contributed by atoms with E-state index < -0.39 is 0 Å². The van der Waals surface area contributed by atoms with Crippen LogP contribution in [0.1, 0.15) is 43.2 Å². The zero-order chi connectivity index (χ0) is 23.7. The van der Waals surface area contributed by atoms with Crippen LogP contribution >= 0.6 is 24.0 Å². The van der Waals surface area contributed by atoms with Crippen molar-refractivity contribution in [2.45, 2.75) is 44.7 Å². The van der Waals surface area contributed by atoms with Crippen LogP contribution in [0.5, 0.6) is 0 Å². The number of carbonyl (C=O) groups excluding carboxylic acids is 1. The number of thioether (sulfide) groups is 1. The SMILES string of the molecule is CN(c1nc2ccccn2c(=O)c1/C=C1\SC(=S)N(Cc2ccccc2)C1=O)C1CCCCC1. The maximum Gasteiger partial charge on any atom is 0.267 e. The summed E-state index contributed by atoms with van der Waals surface area (Å²) in [4.78, 5) is 35.9. The highest BCUT2D eigenvalue weighted by Gasteiger charge is 2.33. The van der Waals surface area contributed by atoms with Crippen molar-refractivity contribution in [2.24, 2.45) is 0 Å². The Labute approximate surface area is 208 Å². The summed E-state index contributed by atoms with van der Waals surface area (Å²) >= 11 is 6.76. The van der Waals surface area contributed by atoms with Gasteiger partial charge in [0.25, 0.3) is 11.5 Å². The van der Waals surface area contributed by atoms with E-state index in [0.717, 1.165) is 18.4 Å². The van der Waals surface area contributed by atoms with E-state index >= 15 is 0 Å². The van der Waals surface area contributed by atoms with Crippen molar-refractivity contribution in [1.29, 1.82) is 0 Å². The number of anilines is 1. The molecule has 34 heavy (non-hydrogen) atoms. The number of amides is 1. The monoisotopic (exact) mass is 490 g/mol. The van der Waals surface area contributed by atoms with E-state index in [1.54, 1.807) is 17.2 Å². The summed E-state index contributed by atoms with van der Waals surface area (Å²) in [5.41, 5.74) is 1.85. The van der Waals surface area contributed by atoms with Gasteiger partial charge in [0.05, 0.1) is 17.0 Å². The van der Waals surface area contributed by atoms with Gasteiger partial charge in [-0.2, -0.15) is 0 Å². The highest BCUT2D eigenvalue weighted by molar-refractivity contribution is 8.26. The molecule has 0 spiro atoms. The summed E-state index contributed by atoms with van der Waals surface area (Å²) in [5, 5.41) is 0. The van der Waals surface area contributed by atoms with Gasteiger partial charge in [0, 0.05) is 19.3 Å². The first-order chi connectivity index (χ1) is 16.5. The molecule has 5 rings (SSSR count). The van der Waals surface area contributed by atoms with E-state index in [1.807, 2.05) is 55.6 Å². The molecule has 1 aliphatic carbocycles. The molecule has 1 aromatic carbocycles. The van der Waals surface area contributed by atoms with Gasteiger partial charge in [-0.3, -0.25) is 18.9 Å². The van der Waals surface area contributed by atoms with Crippen molar-refractivity contribution in [3.05, 3.63) is 81.1 Å². The minimum atomic E-state index is -0.184. The number of fused-ring (bicyclic) bond motifs is 1. The van der Waals surface area contributed by atoms with E-state index in [-0.39, 0.29) is 11.5 Å². The molecule has 2 aliphatic rings. The standard InChI is InChI=1S/C26H26N4O2S2/c1-28(19-12-6-3-7-13-19)23-20(24(31)29-15-9-8-14-22(29)27-23)16-21-25(32)30(26(33)34-21)17-18-10-4-2-5-11-18/h2,4-5,8-11,14-16,19H,3,6-7,12-13,17H2,1H3/b21-16-. The van der Waals surface area contributed by atoms with Crippen molar-refractivity contribution in [3.63, 3.8) is 0 Å². The summed E-state index contributed by atoms with van der Waals surface area (Å²) in [6, 6.07) is 15.6. The summed E-state index contributed by atoms with van der Waals surface area (Å²) in [6.07, 6.45) is 9.15. The van der Waals surface area contributed by atoms with Crippen LogP contribution in [-0.4, -0.2) is 37.6 Å². The molecule has 6 nitrogen and oxygen atoms in total. The largest absolute Gasteiger partial charge is 0.356 e. The van der Waals surface area contributed by atoms with Crippen molar-refractivity contribution >= 4 is 51.7 Å². The molecule has 0 unspecified atom stereocenters. The zero-order valence-corrected chi connectivity index (χ0v) is 20.6. The van der Waals surface area contributed by atoms with Crippen LogP contribution in [0.4, 0.5) is 5.82 Å². The minimum absolute atomic E-state index is 0.178. The van der Waals surface area contributed by atoms with Gasteiger partial charge in [0.15, 0.2) is 0 Å². The first-order valence-electron chi connectivity index (χ1n) is 11.6. The quantitative estimate of drug-likeness (QED) is 0.376. The van der Waals surface area contributed by atoms with Crippen LogP contribution in [0.2, 0.25) is 0 Å². The van der Waals surface area contributed by atoms with Crippen LogP contribution < -0.4 is 10.5 Å². The number of benzene rings is 1. The molecule has 2 fully saturated rings. The number of pyridine rings is 1. The molecule has 1 amide bonds. The maximum absolute atomic E-state index is 13.6. The molecule has 3 heterocycles. The Balaban J connectivity index is 1.56. The van der Waals surface area contributed by atoms with Gasteiger partial charge in [-0.05, 0) is 36.6 Å². The molecule has 1 saturated heterocycles. The van der Waals surface area contributed by atoms with E-state index in [0.29, 0.717) is 38.8 Å². The number of hydrogen-bond acceptors (Lipinski definition) is 6. The predicted molar refractivity (Wildman–Crippen MR) is 142 cm³/mol. The van der Waals surface area contributed by atoms with E-state index in [1.165, 1.54) is 35.4 Å². The smallest absolute Gasteiger partial charge is 0.267 e. The van der Waals surface area contributed by atoms with E-state index in [4.69, 9.17) is 17.2 Å². The fraction of sp³-hybridized carbons (Fsp3) is 0.308. The Hall–Kier alpha value is -2.97. The molecule has 1 saturated carbocycles. The number of hydrogen-bond donors (Lipinski definition) is 0. The number of nitrogens with zero attached hydrogens (tertiary/aromatic N) is 4. The highest BCUT2D eigenvalue weighted by atomic mass is 32.2. The highest BCUT2D eigenvalue weighted by Crippen LogP contribution is 2.35. The second-order valence-electron chi connectivity index (χ2n) is 8.74. The van der Waals surface area contributed by atoms with Gasteiger partial charge in [-0.1, -0.05) is 79.6 Å². The van der Waals surface area contributed by atoms with Crippen LogP contribution in [0.15, 0.2) is 64.4 Å². The van der Waals surface area contributed by atoms with Crippen molar-refractivity contribution in [2.75, 3.05) is 11.9 Å². The molecule has 0 radical (unpaired) electrons. The minimum Gasteiger partial charge on any atom is -0.356 e. The normalized spacial score (nSPS) is 18.3. The number of carbonyl (C=O) groups is 1. The lowest BCUT2D eigenvalue weighted by molar-refractivity contribution is -0.122. The molecule has 174 valence electrons. The predicted octanol–water partition coefficient (Wildman–Crippen LogP) is 4.86. The third-order valence-electron chi connectivity index (χ3n) is 6.54. The lowest BCUT2D eigenvalue weighted by Gasteiger charge is -2.33. The summed E-state index contributed by atoms with van der Waals surface area (Å²) in [7, 11) is 2.01. The molecule has 3 aromatic rings. The average Bonchev–Trinajstić information content (AvgIpc) is 3.13. The van der Waals surface area contributed by atoms with Gasteiger partial charge in [-0.15, -0.1) is 0 Å². The average molecular weight is 491 g/mol. The Morgan fingerprint density at radius 1 is 1.09 bits per heavy atom. The molecule has 8 heteroatoms. The second-order valence-corrected chi connectivity index (χ2v) is 10.4. The molecule has 0 atom stereocenters. The topological polar surface area (TPSA) is 57.9 Å². The molecule has 0 bridgehead atoms. The Morgan fingerprint density at radius 2 is 1.82 bits per heavy atom. The van der Waals surface area contributed by atoms with E-state index in [2.05, 4.69) is 4.90 Å². The van der Waals surface area contributed by atoms with Crippen molar-refractivity contribution < 1.29 is 4.79 Å². The number of rotatable bonds is 5. The lowest BCUT2D eigenvalue weighted by Crippen LogP contribution is -2.36. The fourth-order valence-corrected chi connectivity index (χ4v) is 5.90.